The van der Waals surface area contributed by atoms with Gasteiger partial charge in [-0.05, 0) is 30.0 Å². The Morgan fingerprint density at radius 2 is 1.92 bits per heavy atom. The van der Waals surface area contributed by atoms with E-state index in [0.29, 0.717) is 6.54 Å². The van der Waals surface area contributed by atoms with E-state index in [2.05, 4.69) is 30.8 Å². The molecule has 7 nitrogen and oxygen atoms in total. The van der Waals surface area contributed by atoms with Gasteiger partial charge in [0.15, 0.2) is 0 Å². The number of carbonyl (C=O) groups is 3. The van der Waals surface area contributed by atoms with Crippen molar-refractivity contribution in [2.24, 2.45) is 0 Å². The molecule has 1 aliphatic rings. The van der Waals surface area contributed by atoms with Gasteiger partial charge in [0.1, 0.15) is 6.10 Å². The molecule has 1 unspecified atom stereocenters. The summed E-state index contributed by atoms with van der Waals surface area (Å²) in [5.41, 5.74) is 1.93. The van der Waals surface area contributed by atoms with E-state index in [1.54, 1.807) is 6.92 Å². The average Bonchev–Trinajstić information content (AvgIpc) is 2.93. The normalized spacial score (nSPS) is 17.2. The van der Waals surface area contributed by atoms with Crippen LogP contribution in [0.3, 0.4) is 0 Å². The fourth-order valence-corrected chi connectivity index (χ4v) is 2.46. The second kappa shape index (κ2) is 7.55. The second-order valence-corrected chi connectivity index (χ2v) is 6.84. The monoisotopic (exact) mass is 348 g/mol. The molecule has 1 heterocycles. The van der Waals surface area contributed by atoms with Crippen LogP contribution in [0.25, 0.3) is 0 Å². The quantitative estimate of drug-likeness (QED) is 0.664. The van der Waals surface area contributed by atoms with Crippen molar-refractivity contribution in [3.8, 4) is 0 Å². The first-order valence-corrected chi connectivity index (χ1v) is 8.26. The van der Waals surface area contributed by atoms with Crippen LogP contribution in [0.2, 0.25) is 0 Å². The SMILES string of the molecule is CCOC(=O)C(=O)NCC1CN(c2ccc(C(C)(C)C)cc2)C(=O)O1. The fraction of sp³-hybridized carbons (Fsp3) is 0.500. The highest BCUT2D eigenvalue weighted by Gasteiger charge is 2.33. The minimum Gasteiger partial charge on any atom is -0.459 e. The molecule has 0 bridgehead atoms. The van der Waals surface area contributed by atoms with Crippen molar-refractivity contribution in [1.29, 1.82) is 0 Å². The van der Waals surface area contributed by atoms with Gasteiger partial charge in [0.2, 0.25) is 0 Å². The Bertz CT molecular complexity index is 648. The first-order valence-electron chi connectivity index (χ1n) is 8.26. The van der Waals surface area contributed by atoms with Crippen LogP contribution in [0.5, 0.6) is 0 Å². The van der Waals surface area contributed by atoms with Gasteiger partial charge in [0, 0.05) is 5.69 Å². The van der Waals surface area contributed by atoms with E-state index in [4.69, 9.17) is 4.74 Å². The first kappa shape index (κ1) is 18.8. The second-order valence-electron chi connectivity index (χ2n) is 6.84. The number of anilines is 1. The molecule has 1 N–H and O–H groups in total. The molecule has 0 aliphatic carbocycles. The summed E-state index contributed by atoms with van der Waals surface area (Å²) in [5.74, 6) is -1.78. The van der Waals surface area contributed by atoms with Gasteiger partial charge < -0.3 is 14.8 Å². The molecule has 136 valence electrons. The predicted molar refractivity (Wildman–Crippen MR) is 92.4 cm³/mol. The van der Waals surface area contributed by atoms with Gasteiger partial charge in [0.05, 0.1) is 19.7 Å². The minimum absolute atomic E-state index is 0.0317. The summed E-state index contributed by atoms with van der Waals surface area (Å²) in [5, 5.41) is 2.41. The van der Waals surface area contributed by atoms with E-state index in [-0.39, 0.29) is 18.6 Å². The maximum atomic E-state index is 12.0. The van der Waals surface area contributed by atoms with E-state index in [1.165, 1.54) is 10.5 Å². The molecule has 2 amide bonds. The Balaban J connectivity index is 1.94. The van der Waals surface area contributed by atoms with E-state index < -0.39 is 24.1 Å². The predicted octanol–water partition coefficient (Wildman–Crippen LogP) is 1.99. The lowest BCUT2D eigenvalue weighted by Gasteiger charge is -2.20. The van der Waals surface area contributed by atoms with Crippen molar-refractivity contribution in [1.82, 2.24) is 5.32 Å². The van der Waals surface area contributed by atoms with Crippen molar-refractivity contribution in [2.75, 3.05) is 24.6 Å². The fourth-order valence-electron chi connectivity index (χ4n) is 2.46. The number of hydrogen-bond acceptors (Lipinski definition) is 5. The van der Waals surface area contributed by atoms with Gasteiger partial charge in [0.25, 0.3) is 0 Å². The maximum absolute atomic E-state index is 12.0. The Morgan fingerprint density at radius 3 is 2.48 bits per heavy atom. The largest absolute Gasteiger partial charge is 0.459 e. The van der Waals surface area contributed by atoms with Crippen LogP contribution in [-0.4, -0.2) is 43.8 Å². The molecule has 0 spiro atoms. The first-order chi connectivity index (χ1) is 11.7. The number of nitrogens with one attached hydrogen (secondary N) is 1. The van der Waals surface area contributed by atoms with Gasteiger partial charge in [-0.2, -0.15) is 0 Å². The van der Waals surface area contributed by atoms with Crippen molar-refractivity contribution in [3.05, 3.63) is 29.8 Å². The third-order valence-corrected chi connectivity index (χ3v) is 3.87. The summed E-state index contributed by atoms with van der Waals surface area (Å²) in [6, 6.07) is 7.72. The Hall–Kier alpha value is -2.57. The van der Waals surface area contributed by atoms with Crippen LogP contribution in [0.15, 0.2) is 24.3 Å². The summed E-state index contributed by atoms with van der Waals surface area (Å²) >= 11 is 0. The van der Waals surface area contributed by atoms with Gasteiger partial charge in [-0.25, -0.2) is 9.59 Å². The van der Waals surface area contributed by atoms with Gasteiger partial charge >= 0.3 is 18.0 Å². The maximum Gasteiger partial charge on any atom is 0.414 e. The Labute approximate surface area is 147 Å². The lowest BCUT2D eigenvalue weighted by atomic mass is 9.87. The molecule has 1 atom stereocenters. The average molecular weight is 348 g/mol. The number of amides is 2. The van der Waals surface area contributed by atoms with Gasteiger partial charge in [-0.3, -0.25) is 9.69 Å². The zero-order valence-electron chi connectivity index (χ0n) is 15.0. The summed E-state index contributed by atoms with van der Waals surface area (Å²) < 4.78 is 9.84. The lowest BCUT2D eigenvalue weighted by molar-refractivity contribution is -0.154. The number of nitrogens with zero attached hydrogens (tertiary/aromatic N) is 1. The van der Waals surface area contributed by atoms with E-state index in [9.17, 15) is 14.4 Å². The van der Waals surface area contributed by atoms with E-state index in [1.807, 2.05) is 24.3 Å². The van der Waals surface area contributed by atoms with Crippen LogP contribution in [-0.2, 0) is 24.5 Å². The molecule has 1 aliphatic heterocycles. The number of ether oxygens (including phenoxy) is 2. The number of benzene rings is 1. The molecule has 0 saturated carbocycles. The molecule has 2 rings (SSSR count). The molecular formula is C18H24N2O5. The standard InChI is InChI=1S/C18H24N2O5/c1-5-24-16(22)15(21)19-10-14-11-20(17(23)25-14)13-8-6-12(7-9-13)18(2,3)4/h6-9,14H,5,10-11H2,1-4H3,(H,19,21). The van der Waals surface area contributed by atoms with Crippen LogP contribution >= 0.6 is 0 Å². The summed E-state index contributed by atoms with van der Waals surface area (Å²) in [7, 11) is 0. The Kier molecular flexibility index (Phi) is 5.66. The van der Waals surface area contributed by atoms with Gasteiger partial charge in [-0.1, -0.05) is 32.9 Å². The highest BCUT2D eigenvalue weighted by molar-refractivity contribution is 6.32. The molecular weight excluding hydrogens is 324 g/mol. The zero-order chi connectivity index (χ0) is 18.6. The lowest BCUT2D eigenvalue weighted by Crippen LogP contribution is -2.39. The van der Waals surface area contributed by atoms with Gasteiger partial charge in [-0.15, -0.1) is 0 Å². The number of hydrogen-bond donors (Lipinski definition) is 1. The molecule has 1 aromatic carbocycles. The van der Waals surface area contributed by atoms with Crippen LogP contribution in [0.4, 0.5) is 10.5 Å². The van der Waals surface area contributed by atoms with Crippen LogP contribution in [0.1, 0.15) is 33.3 Å². The third-order valence-electron chi connectivity index (χ3n) is 3.87. The van der Waals surface area contributed by atoms with Crippen LogP contribution < -0.4 is 10.2 Å². The number of cyclic esters (lactones) is 1. The van der Waals surface area contributed by atoms with Crippen molar-refractivity contribution in [3.63, 3.8) is 0 Å². The highest BCUT2D eigenvalue weighted by Crippen LogP contribution is 2.27. The molecule has 1 fully saturated rings. The van der Waals surface area contributed by atoms with Crippen molar-refractivity contribution >= 4 is 23.7 Å². The topological polar surface area (TPSA) is 84.9 Å². The molecule has 7 heteroatoms. The molecule has 1 aromatic rings. The minimum atomic E-state index is -0.943. The summed E-state index contributed by atoms with van der Waals surface area (Å²) in [6.45, 7) is 8.46. The van der Waals surface area contributed by atoms with Crippen molar-refractivity contribution < 1.29 is 23.9 Å². The molecule has 1 saturated heterocycles. The van der Waals surface area contributed by atoms with Crippen LogP contribution in [0, 0.1) is 0 Å². The highest BCUT2D eigenvalue weighted by atomic mass is 16.6. The van der Waals surface area contributed by atoms with Crippen molar-refractivity contribution in [2.45, 2.75) is 39.2 Å². The summed E-state index contributed by atoms with van der Waals surface area (Å²) in [6.07, 6.45) is -0.993. The molecule has 0 radical (unpaired) electrons. The third kappa shape index (κ3) is 4.71. The number of rotatable bonds is 4. The number of esters is 1. The molecule has 25 heavy (non-hydrogen) atoms. The van der Waals surface area contributed by atoms with E-state index >= 15 is 0 Å². The Morgan fingerprint density at radius 1 is 1.28 bits per heavy atom. The summed E-state index contributed by atoms with van der Waals surface area (Å²) in [4.78, 5) is 36.3. The smallest absolute Gasteiger partial charge is 0.414 e. The zero-order valence-corrected chi connectivity index (χ0v) is 15.0. The molecule has 0 aromatic heterocycles. The van der Waals surface area contributed by atoms with E-state index in [0.717, 1.165) is 5.69 Å². The number of carbonyl (C=O) groups excluding carboxylic acids is 3.